The molecule has 11 rings (SSSR count). The van der Waals surface area contributed by atoms with Crippen LogP contribution in [-0.2, 0) is 10.8 Å². The number of rotatable bonds is 4. The largest absolute Gasteiger partial charge is 0.455 e. The van der Waals surface area contributed by atoms with Crippen molar-refractivity contribution in [3.05, 3.63) is 209 Å². The van der Waals surface area contributed by atoms with Crippen LogP contribution in [0.4, 0.5) is 0 Å². The molecular formula is C52H38O. The molecule has 0 spiro atoms. The van der Waals surface area contributed by atoms with Crippen LogP contribution < -0.4 is 0 Å². The Morgan fingerprint density at radius 1 is 0.491 bits per heavy atom. The number of hydrogen-bond acceptors (Lipinski definition) is 1. The molecule has 3 aliphatic rings. The highest BCUT2D eigenvalue weighted by Gasteiger charge is 2.47. The SMILES string of the molecule is CC1(C)c2ccccc2-c2ccc(-c3cccc(C4(c5ccc(-c6cccc7c6oc6ccccc67)cc5)C5=C(CCC=C5)c5ccccc54)c3)cc21. The maximum Gasteiger partial charge on any atom is 0.143 e. The van der Waals surface area contributed by atoms with E-state index in [9.17, 15) is 0 Å². The van der Waals surface area contributed by atoms with Crippen LogP contribution in [0, 0.1) is 0 Å². The summed E-state index contributed by atoms with van der Waals surface area (Å²) in [6, 6.07) is 58.7. The Bertz CT molecular complexity index is 2860. The van der Waals surface area contributed by atoms with Crippen molar-refractivity contribution in [2.45, 2.75) is 37.5 Å². The minimum Gasteiger partial charge on any atom is -0.455 e. The lowest BCUT2D eigenvalue weighted by Crippen LogP contribution is -2.29. The molecule has 0 saturated heterocycles. The van der Waals surface area contributed by atoms with E-state index in [0.29, 0.717) is 0 Å². The number of allylic oxidation sites excluding steroid dienone is 4. The molecule has 0 radical (unpaired) electrons. The Morgan fingerprint density at radius 3 is 2.06 bits per heavy atom. The molecule has 1 aromatic heterocycles. The molecule has 0 bridgehead atoms. The van der Waals surface area contributed by atoms with Crippen LogP contribution in [-0.4, -0.2) is 0 Å². The molecule has 1 heterocycles. The molecule has 0 amide bonds. The number of para-hydroxylation sites is 2. The Balaban J connectivity index is 1.09. The number of furan rings is 1. The molecule has 1 nitrogen and oxygen atoms in total. The first-order valence-corrected chi connectivity index (χ1v) is 18.9. The summed E-state index contributed by atoms with van der Waals surface area (Å²) in [7, 11) is 0. The average molecular weight is 679 g/mol. The minimum atomic E-state index is -0.449. The van der Waals surface area contributed by atoms with E-state index in [2.05, 4.69) is 178 Å². The standard InChI is InChI=1S/C52H38O/c1-51(2)45-21-7-3-15-39(45)42-30-27-35(32-48(42)51)34-13-11-14-37(31-34)52(46-22-8-4-16-40(46)41-17-5-9-23-47(41)52)36-28-25-33(26-29-36)38-19-12-20-44-43-18-6-10-24-49(43)53-50(38)44/h3-4,6-16,18-32H,5,17H2,1-2H3. The fourth-order valence-corrected chi connectivity index (χ4v) is 9.99. The van der Waals surface area contributed by atoms with Crippen molar-refractivity contribution < 1.29 is 4.42 Å². The van der Waals surface area contributed by atoms with Crippen molar-refractivity contribution in [2.24, 2.45) is 0 Å². The van der Waals surface area contributed by atoms with Crippen molar-refractivity contribution in [2.75, 3.05) is 0 Å². The van der Waals surface area contributed by atoms with Crippen LogP contribution in [0.1, 0.15) is 60.1 Å². The molecular weight excluding hydrogens is 641 g/mol. The first-order valence-electron chi connectivity index (χ1n) is 18.9. The lowest BCUT2D eigenvalue weighted by atomic mass is 9.66. The van der Waals surface area contributed by atoms with E-state index in [-0.39, 0.29) is 5.41 Å². The van der Waals surface area contributed by atoms with Crippen LogP contribution >= 0.6 is 0 Å². The minimum absolute atomic E-state index is 0.0494. The quantitative estimate of drug-likeness (QED) is 0.181. The van der Waals surface area contributed by atoms with Gasteiger partial charge in [-0.05, 0) is 103 Å². The Labute approximate surface area is 310 Å². The summed E-state index contributed by atoms with van der Waals surface area (Å²) in [5.74, 6) is 0. The van der Waals surface area contributed by atoms with E-state index in [0.717, 1.165) is 45.9 Å². The highest BCUT2D eigenvalue weighted by Crippen LogP contribution is 2.58. The van der Waals surface area contributed by atoms with Gasteiger partial charge in [-0.2, -0.15) is 0 Å². The molecule has 252 valence electrons. The molecule has 53 heavy (non-hydrogen) atoms. The molecule has 1 heteroatoms. The summed E-state index contributed by atoms with van der Waals surface area (Å²) < 4.78 is 6.47. The Kier molecular flexibility index (Phi) is 6.41. The summed E-state index contributed by atoms with van der Waals surface area (Å²) in [6.45, 7) is 4.73. The topological polar surface area (TPSA) is 13.1 Å². The van der Waals surface area contributed by atoms with E-state index < -0.39 is 5.41 Å². The second-order valence-corrected chi connectivity index (χ2v) is 15.5. The van der Waals surface area contributed by atoms with Crippen molar-refractivity contribution in [1.82, 2.24) is 0 Å². The molecule has 1 atom stereocenters. The van der Waals surface area contributed by atoms with Crippen LogP contribution in [0.25, 0.3) is 60.9 Å². The average Bonchev–Trinajstić information content (AvgIpc) is 3.82. The number of benzene rings is 7. The van der Waals surface area contributed by atoms with Crippen LogP contribution in [0.3, 0.4) is 0 Å². The van der Waals surface area contributed by atoms with Gasteiger partial charge in [0.05, 0.1) is 5.41 Å². The maximum absolute atomic E-state index is 6.47. The van der Waals surface area contributed by atoms with Gasteiger partial charge in [0.25, 0.3) is 0 Å². The summed E-state index contributed by atoms with van der Waals surface area (Å²) in [4.78, 5) is 0. The first kappa shape index (κ1) is 30.4. The van der Waals surface area contributed by atoms with Gasteiger partial charge in [-0.15, -0.1) is 0 Å². The zero-order chi connectivity index (χ0) is 35.3. The number of hydrogen-bond donors (Lipinski definition) is 0. The van der Waals surface area contributed by atoms with Crippen molar-refractivity contribution in [3.8, 4) is 33.4 Å². The molecule has 0 aliphatic heterocycles. The van der Waals surface area contributed by atoms with Gasteiger partial charge in [-0.3, -0.25) is 0 Å². The summed E-state index contributed by atoms with van der Waals surface area (Å²) in [6.07, 6.45) is 6.91. The highest BCUT2D eigenvalue weighted by atomic mass is 16.3. The molecule has 0 N–H and O–H groups in total. The van der Waals surface area contributed by atoms with E-state index in [1.165, 1.54) is 66.8 Å². The van der Waals surface area contributed by atoms with Gasteiger partial charge < -0.3 is 4.42 Å². The predicted molar refractivity (Wildman–Crippen MR) is 220 cm³/mol. The third kappa shape index (κ3) is 4.20. The molecule has 0 fully saturated rings. The molecule has 0 saturated carbocycles. The van der Waals surface area contributed by atoms with Gasteiger partial charge in [0.1, 0.15) is 11.2 Å². The van der Waals surface area contributed by atoms with E-state index in [1.54, 1.807) is 0 Å². The normalized spacial score (nSPS) is 17.9. The van der Waals surface area contributed by atoms with Crippen molar-refractivity contribution in [3.63, 3.8) is 0 Å². The zero-order valence-corrected chi connectivity index (χ0v) is 30.0. The lowest BCUT2D eigenvalue weighted by molar-refractivity contribution is 0.660. The molecule has 8 aromatic rings. The van der Waals surface area contributed by atoms with Crippen molar-refractivity contribution >= 4 is 27.5 Å². The third-order valence-electron chi connectivity index (χ3n) is 12.5. The molecule has 7 aromatic carbocycles. The van der Waals surface area contributed by atoms with Crippen LogP contribution in [0.2, 0.25) is 0 Å². The monoisotopic (exact) mass is 678 g/mol. The van der Waals surface area contributed by atoms with Gasteiger partial charge in [-0.25, -0.2) is 0 Å². The van der Waals surface area contributed by atoms with Gasteiger partial charge >= 0.3 is 0 Å². The van der Waals surface area contributed by atoms with Gasteiger partial charge in [0.2, 0.25) is 0 Å². The highest BCUT2D eigenvalue weighted by molar-refractivity contribution is 6.09. The fraction of sp³-hybridized carbons (Fsp3) is 0.115. The summed E-state index contributed by atoms with van der Waals surface area (Å²) >= 11 is 0. The second kappa shape index (κ2) is 11.2. The summed E-state index contributed by atoms with van der Waals surface area (Å²) in [5.41, 5.74) is 19.9. The van der Waals surface area contributed by atoms with E-state index in [1.807, 2.05) is 6.07 Å². The van der Waals surface area contributed by atoms with Gasteiger partial charge in [0.15, 0.2) is 0 Å². The summed E-state index contributed by atoms with van der Waals surface area (Å²) in [5, 5.41) is 2.31. The first-order chi connectivity index (χ1) is 26.0. The molecule has 1 unspecified atom stereocenters. The van der Waals surface area contributed by atoms with Crippen LogP contribution in [0.5, 0.6) is 0 Å². The maximum atomic E-state index is 6.47. The Morgan fingerprint density at radius 2 is 1.17 bits per heavy atom. The van der Waals surface area contributed by atoms with Gasteiger partial charge in [0, 0.05) is 21.8 Å². The lowest BCUT2D eigenvalue weighted by Gasteiger charge is -2.36. The number of fused-ring (bicyclic) bond motifs is 8. The van der Waals surface area contributed by atoms with Crippen LogP contribution in [0.15, 0.2) is 180 Å². The van der Waals surface area contributed by atoms with E-state index in [4.69, 9.17) is 4.42 Å². The van der Waals surface area contributed by atoms with Gasteiger partial charge in [-0.1, -0.05) is 166 Å². The Hall–Kier alpha value is -6.18. The third-order valence-corrected chi connectivity index (χ3v) is 12.5. The molecule has 3 aliphatic carbocycles. The zero-order valence-electron chi connectivity index (χ0n) is 30.0. The fourth-order valence-electron chi connectivity index (χ4n) is 9.99. The second-order valence-electron chi connectivity index (χ2n) is 15.5. The van der Waals surface area contributed by atoms with Crippen molar-refractivity contribution in [1.29, 1.82) is 0 Å². The smallest absolute Gasteiger partial charge is 0.143 e. The van der Waals surface area contributed by atoms with E-state index >= 15 is 0 Å². The predicted octanol–water partition coefficient (Wildman–Crippen LogP) is 13.7.